The van der Waals surface area contributed by atoms with Crippen LogP contribution in [0, 0.1) is 6.92 Å². The van der Waals surface area contributed by atoms with E-state index in [9.17, 15) is 4.79 Å². The first-order valence-corrected chi connectivity index (χ1v) is 13.8. The lowest BCUT2D eigenvalue weighted by molar-refractivity contribution is 0.293. The third-order valence-electron chi connectivity index (χ3n) is 6.96. The summed E-state index contributed by atoms with van der Waals surface area (Å²) >= 11 is 1.53. The summed E-state index contributed by atoms with van der Waals surface area (Å²) in [4.78, 5) is 21.7. The van der Waals surface area contributed by atoms with Crippen LogP contribution in [0.5, 0.6) is 11.5 Å². The van der Waals surface area contributed by atoms with E-state index in [0.29, 0.717) is 5.69 Å². The van der Waals surface area contributed by atoms with E-state index in [-0.39, 0.29) is 5.56 Å². The van der Waals surface area contributed by atoms with Crippen LogP contribution < -0.4 is 19.8 Å². The van der Waals surface area contributed by atoms with Crippen LogP contribution in [-0.2, 0) is 13.6 Å². The van der Waals surface area contributed by atoms with Gasteiger partial charge in [0, 0.05) is 24.5 Å². The van der Waals surface area contributed by atoms with E-state index < -0.39 is 0 Å². The molecule has 0 aliphatic carbocycles. The Hall–Kier alpha value is -3.56. The van der Waals surface area contributed by atoms with Crippen LogP contribution >= 0.6 is 11.3 Å². The van der Waals surface area contributed by atoms with Gasteiger partial charge in [-0.25, -0.2) is 9.67 Å². The zero-order chi connectivity index (χ0) is 27.2. The molecule has 2 heterocycles. The predicted octanol–water partition coefficient (Wildman–Crippen LogP) is 5.00. The van der Waals surface area contributed by atoms with Crippen molar-refractivity contribution in [3.8, 4) is 28.4 Å². The number of methoxy groups -OCH3 is 2. The Morgan fingerprint density at radius 2 is 1.76 bits per heavy atom. The van der Waals surface area contributed by atoms with Gasteiger partial charge in [0.2, 0.25) is 0 Å². The number of para-hydroxylation sites is 1. The van der Waals surface area contributed by atoms with E-state index >= 15 is 0 Å². The maximum atomic E-state index is 13.6. The molecule has 0 aliphatic rings. The molecule has 2 aromatic carbocycles. The summed E-state index contributed by atoms with van der Waals surface area (Å²) in [5.41, 5.74) is 3.84. The van der Waals surface area contributed by atoms with Crippen molar-refractivity contribution in [2.24, 2.45) is 12.0 Å². The quantitative estimate of drug-likeness (QED) is 0.271. The highest BCUT2D eigenvalue weighted by molar-refractivity contribution is 7.07. The number of ether oxygens (including phenoxy) is 2. The van der Waals surface area contributed by atoms with Gasteiger partial charge in [-0.3, -0.25) is 9.48 Å². The Morgan fingerprint density at radius 1 is 1.03 bits per heavy atom. The Morgan fingerprint density at radius 3 is 2.42 bits per heavy atom. The molecular formula is C29H37N5O3S. The number of nitrogens with zero attached hydrogens (tertiary/aromatic N) is 5. The largest absolute Gasteiger partial charge is 0.497 e. The van der Waals surface area contributed by atoms with Crippen molar-refractivity contribution >= 4 is 17.0 Å². The van der Waals surface area contributed by atoms with Crippen LogP contribution in [-0.4, -0.2) is 52.7 Å². The minimum atomic E-state index is -0.139. The summed E-state index contributed by atoms with van der Waals surface area (Å²) in [5, 5.41) is 2.08. The summed E-state index contributed by atoms with van der Waals surface area (Å²) in [6, 6.07) is 15.5. The minimum absolute atomic E-state index is 0.139. The van der Waals surface area contributed by atoms with Gasteiger partial charge in [0.05, 0.1) is 31.3 Å². The molecule has 4 aromatic rings. The number of hydrogen-bond acceptors (Lipinski definition) is 6. The van der Waals surface area contributed by atoms with Gasteiger partial charge < -0.3 is 18.9 Å². The van der Waals surface area contributed by atoms with Crippen LogP contribution in [0.2, 0.25) is 0 Å². The number of thiazole rings is 1. The molecule has 0 fully saturated rings. The second-order valence-electron chi connectivity index (χ2n) is 9.02. The highest BCUT2D eigenvalue weighted by atomic mass is 32.1. The Balaban J connectivity index is 1.87. The standard InChI is InChI=1S/C29H37N5O3S/c1-7-32(8-2)17-12-18-33-25(24-19-23(36-5)15-16-26(24)37-6)20-38-29(33)30-27-21(3)31(4)34(28(27)35)22-13-10-9-11-14-22/h9-11,13-16,19-20H,7-8,12,17-18H2,1-6H3. The van der Waals surface area contributed by atoms with E-state index in [1.54, 1.807) is 18.9 Å². The maximum absolute atomic E-state index is 13.6. The summed E-state index contributed by atoms with van der Waals surface area (Å²) in [5.74, 6) is 1.51. The summed E-state index contributed by atoms with van der Waals surface area (Å²) in [7, 11) is 5.23. The molecule has 0 atom stereocenters. The van der Waals surface area contributed by atoms with Crippen molar-refractivity contribution in [2.45, 2.75) is 33.7 Å². The smallest absolute Gasteiger partial charge is 0.297 e. The average molecular weight is 536 g/mol. The van der Waals surface area contributed by atoms with Crippen LogP contribution in [0.3, 0.4) is 0 Å². The van der Waals surface area contributed by atoms with Gasteiger partial charge in [-0.2, -0.15) is 0 Å². The van der Waals surface area contributed by atoms with E-state index in [1.165, 1.54) is 11.3 Å². The average Bonchev–Trinajstić information content (AvgIpc) is 3.44. The number of aromatic nitrogens is 3. The lowest BCUT2D eigenvalue weighted by Gasteiger charge is -2.19. The maximum Gasteiger partial charge on any atom is 0.297 e. The normalized spacial score (nSPS) is 11.9. The fraction of sp³-hybridized carbons (Fsp3) is 0.379. The molecule has 0 radical (unpaired) electrons. The van der Waals surface area contributed by atoms with Crippen molar-refractivity contribution in [1.82, 2.24) is 18.8 Å². The molecule has 38 heavy (non-hydrogen) atoms. The van der Waals surface area contributed by atoms with Crippen molar-refractivity contribution in [3.05, 3.63) is 74.8 Å². The number of benzene rings is 2. The van der Waals surface area contributed by atoms with Crippen molar-refractivity contribution in [2.75, 3.05) is 33.9 Å². The first-order valence-electron chi connectivity index (χ1n) is 12.9. The molecule has 0 spiro atoms. The molecule has 0 aliphatic heterocycles. The fourth-order valence-electron chi connectivity index (χ4n) is 4.64. The zero-order valence-corrected chi connectivity index (χ0v) is 23.9. The molecular weight excluding hydrogens is 498 g/mol. The molecule has 0 bridgehead atoms. The lowest BCUT2D eigenvalue weighted by Crippen LogP contribution is -2.26. The molecule has 0 saturated heterocycles. The van der Waals surface area contributed by atoms with Crippen LogP contribution in [0.4, 0.5) is 5.69 Å². The minimum Gasteiger partial charge on any atom is -0.497 e. The van der Waals surface area contributed by atoms with Gasteiger partial charge in [0.25, 0.3) is 5.56 Å². The highest BCUT2D eigenvalue weighted by Gasteiger charge is 2.18. The Labute approximate surface area is 228 Å². The molecule has 0 unspecified atom stereocenters. The highest BCUT2D eigenvalue weighted by Crippen LogP contribution is 2.34. The predicted molar refractivity (Wildman–Crippen MR) is 154 cm³/mol. The monoisotopic (exact) mass is 535 g/mol. The Bertz CT molecular complexity index is 1490. The van der Waals surface area contributed by atoms with Gasteiger partial charge in [-0.1, -0.05) is 32.0 Å². The van der Waals surface area contributed by atoms with Gasteiger partial charge in [0.1, 0.15) is 11.5 Å². The topological polar surface area (TPSA) is 65.9 Å². The molecule has 0 saturated carbocycles. The van der Waals surface area contributed by atoms with E-state index in [4.69, 9.17) is 14.5 Å². The van der Waals surface area contributed by atoms with Crippen molar-refractivity contribution in [3.63, 3.8) is 0 Å². The number of rotatable bonds is 11. The second-order valence-corrected chi connectivity index (χ2v) is 9.86. The third kappa shape index (κ3) is 5.49. The third-order valence-corrected chi connectivity index (χ3v) is 7.83. The van der Waals surface area contributed by atoms with Crippen LogP contribution in [0.15, 0.2) is 63.7 Å². The molecule has 0 amide bonds. The summed E-state index contributed by atoms with van der Waals surface area (Å²) in [6.07, 6.45) is 0.951. The second kappa shape index (κ2) is 12.3. The molecule has 2 aromatic heterocycles. The van der Waals surface area contributed by atoms with E-state index in [0.717, 1.165) is 71.5 Å². The first-order chi connectivity index (χ1) is 18.4. The number of hydrogen-bond donors (Lipinski definition) is 0. The molecule has 8 nitrogen and oxygen atoms in total. The SMILES string of the molecule is CCN(CC)CCCn1c(-c2cc(OC)ccc2OC)csc1=Nc1c(C)n(C)n(-c2ccccc2)c1=O. The molecule has 0 N–H and O–H groups in total. The van der Waals surface area contributed by atoms with Gasteiger partial charge in [0.15, 0.2) is 10.5 Å². The first kappa shape index (κ1) is 27.5. The van der Waals surface area contributed by atoms with Gasteiger partial charge in [-0.15, -0.1) is 11.3 Å². The lowest BCUT2D eigenvalue weighted by atomic mass is 10.1. The van der Waals surface area contributed by atoms with Crippen LogP contribution in [0.1, 0.15) is 26.0 Å². The Kier molecular flexibility index (Phi) is 8.91. The van der Waals surface area contributed by atoms with Crippen molar-refractivity contribution < 1.29 is 9.47 Å². The zero-order valence-electron chi connectivity index (χ0n) is 23.1. The van der Waals surface area contributed by atoms with E-state index in [2.05, 4.69) is 28.7 Å². The van der Waals surface area contributed by atoms with Gasteiger partial charge in [-0.05, 0) is 63.3 Å². The summed E-state index contributed by atoms with van der Waals surface area (Å²) < 4.78 is 16.9. The van der Waals surface area contributed by atoms with Crippen LogP contribution in [0.25, 0.3) is 16.9 Å². The summed E-state index contributed by atoms with van der Waals surface area (Å²) in [6.45, 7) is 10.1. The fourth-order valence-corrected chi connectivity index (χ4v) is 5.57. The molecule has 202 valence electrons. The molecule has 9 heteroatoms. The van der Waals surface area contributed by atoms with E-state index in [1.807, 2.05) is 67.2 Å². The van der Waals surface area contributed by atoms with Crippen molar-refractivity contribution in [1.29, 1.82) is 0 Å². The van der Waals surface area contributed by atoms with Gasteiger partial charge >= 0.3 is 0 Å². The molecule has 4 rings (SSSR count).